The summed E-state index contributed by atoms with van der Waals surface area (Å²) in [6, 6.07) is 0. The van der Waals surface area contributed by atoms with Gasteiger partial charge in [-0.3, -0.25) is 4.79 Å². The van der Waals surface area contributed by atoms with E-state index in [1.165, 1.54) is 64.2 Å². The number of aliphatic hydroxyl groups excluding tert-OH is 1. The number of carbonyl (C=O) groups is 2. The summed E-state index contributed by atoms with van der Waals surface area (Å²) in [5.41, 5.74) is 0. The number of carbonyl (C=O) groups excluding carboxylic acids is 1. The Morgan fingerprint density at radius 1 is 0.733 bits per heavy atom. The van der Waals surface area contributed by atoms with Crippen LogP contribution in [0.25, 0.3) is 0 Å². The maximum Gasteiger partial charge on any atom is 0.335 e. The van der Waals surface area contributed by atoms with Gasteiger partial charge in [-0.25, -0.2) is 4.79 Å². The SMILES string of the molecule is CCCCCCC[CH2][Sn][CH2]CCCCCCC.CCCCOC(=O)C(O)CC(=O)O. The second-order valence-electron chi connectivity index (χ2n) is 7.92. The third kappa shape index (κ3) is 27.7. The van der Waals surface area contributed by atoms with E-state index in [1.54, 1.807) is 21.7 Å². The van der Waals surface area contributed by atoms with Crippen LogP contribution >= 0.6 is 0 Å². The van der Waals surface area contributed by atoms with Crippen molar-refractivity contribution in [3.8, 4) is 0 Å². The van der Waals surface area contributed by atoms with Gasteiger partial charge >= 0.3 is 133 Å². The van der Waals surface area contributed by atoms with Crippen molar-refractivity contribution in [2.75, 3.05) is 6.61 Å². The van der Waals surface area contributed by atoms with Gasteiger partial charge in [-0.2, -0.15) is 0 Å². The minimum Gasteiger partial charge on any atom is -0.481 e. The zero-order valence-electron chi connectivity index (χ0n) is 19.9. The summed E-state index contributed by atoms with van der Waals surface area (Å²) in [5, 5.41) is 17.2. The Kier molecular flexibility index (Phi) is 28.4. The molecule has 0 rings (SSSR count). The van der Waals surface area contributed by atoms with Crippen molar-refractivity contribution < 1.29 is 24.5 Å². The van der Waals surface area contributed by atoms with Gasteiger partial charge in [0, 0.05) is 0 Å². The Balaban J connectivity index is 0. The van der Waals surface area contributed by atoms with Gasteiger partial charge in [-0.1, -0.05) is 13.3 Å². The van der Waals surface area contributed by atoms with Crippen LogP contribution < -0.4 is 0 Å². The van der Waals surface area contributed by atoms with Gasteiger partial charge in [-0.15, -0.1) is 0 Å². The third-order valence-electron chi connectivity index (χ3n) is 4.80. The van der Waals surface area contributed by atoms with E-state index in [1.807, 2.05) is 6.92 Å². The molecule has 1 atom stereocenters. The van der Waals surface area contributed by atoms with Gasteiger partial charge in [0.1, 0.15) is 0 Å². The molecule has 0 saturated heterocycles. The normalized spacial score (nSPS) is 11.5. The topological polar surface area (TPSA) is 83.8 Å². The Hall–Kier alpha value is -0.301. The Labute approximate surface area is 196 Å². The molecular formula is C24H48O5Sn. The van der Waals surface area contributed by atoms with Gasteiger partial charge < -0.3 is 14.9 Å². The molecule has 2 radical (unpaired) electrons. The molecule has 0 aromatic heterocycles. The summed E-state index contributed by atoms with van der Waals surface area (Å²) in [6.45, 7) is 6.76. The molecule has 0 aliphatic rings. The first-order chi connectivity index (χ1) is 14.5. The van der Waals surface area contributed by atoms with Crippen LogP contribution in [0, 0.1) is 0 Å². The van der Waals surface area contributed by atoms with Gasteiger partial charge in [0.15, 0.2) is 6.10 Å². The number of hydrogen-bond donors (Lipinski definition) is 2. The van der Waals surface area contributed by atoms with Crippen molar-refractivity contribution in [3.63, 3.8) is 0 Å². The van der Waals surface area contributed by atoms with E-state index in [4.69, 9.17) is 10.2 Å². The summed E-state index contributed by atoms with van der Waals surface area (Å²) < 4.78 is 7.91. The zero-order chi connectivity index (χ0) is 22.9. The van der Waals surface area contributed by atoms with Crippen molar-refractivity contribution in [1.82, 2.24) is 0 Å². The molecule has 0 spiro atoms. The van der Waals surface area contributed by atoms with Crippen molar-refractivity contribution >= 4 is 33.1 Å². The van der Waals surface area contributed by atoms with E-state index < -0.39 is 24.5 Å². The first-order valence-corrected chi connectivity index (χ1v) is 16.3. The van der Waals surface area contributed by atoms with Crippen molar-refractivity contribution in [2.45, 2.75) is 132 Å². The van der Waals surface area contributed by atoms with E-state index in [2.05, 4.69) is 18.6 Å². The van der Waals surface area contributed by atoms with Crippen molar-refractivity contribution in [2.24, 2.45) is 0 Å². The fourth-order valence-corrected chi connectivity index (χ4v) is 6.42. The van der Waals surface area contributed by atoms with Crippen LogP contribution in [0.3, 0.4) is 0 Å². The minimum atomic E-state index is -1.55. The number of esters is 1. The number of carboxylic acids is 1. The van der Waals surface area contributed by atoms with E-state index in [0.29, 0.717) is 6.42 Å². The summed E-state index contributed by atoms with van der Waals surface area (Å²) >= 11 is 0.0736. The maximum absolute atomic E-state index is 10.8. The summed E-state index contributed by atoms with van der Waals surface area (Å²) in [7, 11) is 0. The van der Waals surface area contributed by atoms with E-state index in [9.17, 15) is 9.59 Å². The average Bonchev–Trinajstić information content (AvgIpc) is 2.71. The van der Waals surface area contributed by atoms with E-state index >= 15 is 0 Å². The summed E-state index contributed by atoms with van der Waals surface area (Å²) in [4.78, 5) is 20.9. The van der Waals surface area contributed by atoms with E-state index in [0.717, 1.165) is 6.42 Å². The first kappa shape index (κ1) is 31.9. The Bertz CT molecular complexity index is 363. The molecule has 0 bridgehead atoms. The summed E-state index contributed by atoms with van der Waals surface area (Å²) in [6.07, 6.45) is 17.3. The molecule has 30 heavy (non-hydrogen) atoms. The second-order valence-corrected chi connectivity index (χ2v) is 12.2. The maximum atomic E-state index is 10.8. The molecule has 5 nitrogen and oxygen atoms in total. The van der Waals surface area contributed by atoms with Crippen LogP contribution in [0.2, 0.25) is 8.87 Å². The molecular weight excluding hydrogens is 487 g/mol. The second kappa shape index (κ2) is 26.7. The number of aliphatic carboxylic acids is 1. The van der Waals surface area contributed by atoms with Crippen LogP contribution in [-0.4, -0.2) is 56.0 Å². The molecule has 0 aliphatic carbocycles. The first-order valence-electron chi connectivity index (χ1n) is 12.3. The predicted molar refractivity (Wildman–Crippen MR) is 126 cm³/mol. The molecule has 0 heterocycles. The quantitative estimate of drug-likeness (QED) is 0.107. The van der Waals surface area contributed by atoms with Gasteiger partial charge in [0.05, 0.1) is 13.0 Å². The zero-order valence-corrected chi connectivity index (χ0v) is 22.8. The molecule has 0 saturated carbocycles. The van der Waals surface area contributed by atoms with Crippen LogP contribution in [0.15, 0.2) is 0 Å². The largest absolute Gasteiger partial charge is 0.481 e. The fourth-order valence-electron chi connectivity index (χ4n) is 2.85. The molecule has 0 aromatic carbocycles. The molecule has 178 valence electrons. The van der Waals surface area contributed by atoms with Gasteiger partial charge in [0.25, 0.3) is 0 Å². The monoisotopic (exact) mass is 536 g/mol. The minimum absolute atomic E-state index is 0.0736. The number of unbranched alkanes of at least 4 members (excludes halogenated alkanes) is 11. The molecule has 0 amide bonds. The van der Waals surface area contributed by atoms with E-state index in [-0.39, 0.29) is 27.7 Å². The van der Waals surface area contributed by atoms with Crippen LogP contribution in [0.1, 0.15) is 117 Å². The smallest absolute Gasteiger partial charge is 0.335 e. The van der Waals surface area contributed by atoms with Gasteiger partial charge in [0.2, 0.25) is 0 Å². The number of rotatable bonds is 20. The van der Waals surface area contributed by atoms with Crippen LogP contribution in [-0.2, 0) is 14.3 Å². The average molecular weight is 535 g/mol. The predicted octanol–water partition coefficient (Wildman–Crippen LogP) is 6.41. The molecule has 2 N–H and O–H groups in total. The molecule has 1 unspecified atom stereocenters. The standard InChI is InChI=1S/C8H14O5.2C8H17.Sn/c1-2-3-4-13-8(12)6(9)5-7(10)11;2*1-3-5-7-8-6-4-2;/h6,9H,2-5H2,1H3,(H,10,11);2*1,3-8H2,2H3;. The molecule has 0 aliphatic heterocycles. The van der Waals surface area contributed by atoms with Gasteiger partial charge in [-0.05, 0) is 6.42 Å². The van der Waals surface area contributed by atoms with Crippen molar-refractivity contribution in [3.05, 3.63) is 0 Å². The number of carboxylic acid groups (broad SMARTS) is 1. The van der Waals surface area contributed by atoms with Crippen molar-refractivity contribution in [1.29, 1.82) is 0 Å². The Morgan fingerprint density at radius 2 is 1.17 bits per heavy atom. The molecule has 0 fully saturated rings. The fraction of sp³-hybridized carbons (Fsp3) is 0.917. The number of aliphatic hydroxyl groups is 1. The molecule has 6 heteroatoms. The molecule has 0 aromatic rings. The van der Waals surface area contributed by atoms with Crippen LogP contribution in [0.4, 0.5) is 0 Å². The van der Waals surface area contributed by atoms with Crippen LogP contribution in [0.5, 0.6) is 0 Å². The third-order valence-corrected chi connectivity index (χ3v) is 8.83. The summed E-state index contributed by atoms with van der Waals surface area (Å²) in [5.74, 6) is -2.09. The number of ether oxygens (including phenoxy) is 1. The number of hydrogen-bond acceptors (Lipinski definition) is 4. The Morgan fingerprint density at radius 3 is 1.60 bits per heavy atom.